The van der Waals surface area contributed by atoms with Gasteiger partial charge in [-0.2, -0.15) is 0 Å². The highest BCUT2D eigenvalue weighted by Gasteiger charge is 2.30. The maximum absolute atomic E-state index is 12.9. The van der Waals surface area contributed by atoms with Gasteiger partial charge < -0.3 is 14.6 Å². The number of piperidine rings is 2. The lowest BCUT2D eigenvalue weighted by molar-refractivity contribution is -0.0557. The lowest BCUT2D eigenvalue weighted by Gasteiger charge is -2.36. The van der Waals surface area contributed by atoms with E-state index >= 15 is 0 Å². The average molecular weight is 406 g/mol. The van der Waals surface area contributed by atoms with Gasteiger partial charge in [-0.3, -0.25) is 4.79 Å². The number of carbonyl (C=O) groups excluding carboxylic acids is 1. The van der Waals surface area contributed by atoms with Crippen molar-refractivity contribution in [1.82, 2.24) is 14.2 Å². The predicted octanol–water partition coefficient (Wildman–Crippen LogP) is 2.21. The van der Waals surface area contributed by atoms with Crippen LogP contribution in [0.1, 0.15) is 36.0 Å². The Bertz CT molecular complexity index is 939. The molecule has 0 saturated carbocycles. The van der Waals surface area contributed by atoms with E-state index in [1.807, 2.05) is 35.4 Å². The first-order chi connectivity index (χ1) is 13.4. The van der Waals surface area contributed by atoms with Crippen molar-refractivity contribution in [3.63, 3.8) is 0 Å². The van der Waals surface area contributed by atoms with Gasteiger partial charge in [0.15, 0.2) is 0 Å². The lowest BCUT2D eigenvalue weighted by atomic mass is 10.0. The highest BCUT2D eigenvalue weighted by Crippen LogP contribution is 2.24. The normalized spacial score (nSPS) is 20.7. The van der Waals surface area contributed by atoms with Crippen LogP contribution in [-0.4, -0.2) is 73.2 Å². The van der Waals surface area contributed by atoms with Crippen LogP contribution in [0.4, 0.5) is 0 Å². The number of H-pyrrole nitrogens is 1. The van der Waals surface area contributed by atoms with E-state index in [9.17, 15) is 13.2 Å². The molecular weight excluding hydrogens is 378 g/mol. The maximum Gasteiger partial charge on any atom is 0.254 e. The molecule has 2 aliphatic heterocycles. The molecule has 152 valence electrons. The zero-order valence-electron chi connectivity index (χ0n) is 16.1. The molecule has 2 aromatic rings. The zero-order chi connectivity index (χ0) is 19.7. The Morgan fingerprint density at radius 2 is 1.68 bits per heavy atom. The van der Waals surface area contributed by atoms with Crippen molar-refractivity contribution >= 4 is 26.8 Å². The Morgan fingerprint density at radius 1 is 1.04 bits per heavy atom. The molecule has 2 saturated heterocycles. The van der Waals surface area contributed by atoms with Crippen molar-refractivity contribution < 1.29 is 17.9 Å². The van der Waals surface area contributed by atoms with Crippen LogP contribution in [0.2, 0.25) is 0 Å². The highest BCUT2D eigenvalue weighted by atomic mass is 32.2. The van der Waals surface area contributed by atoms with E-state index in [-0.39, 0.29) is 18.1 Å². The SMILES string of the molecule is CS(=O)(=O)N1CCC(OC2CCN(C(=O)c3cccc4[nH]ccc34)CC2)CC1. The second-order valence-corrected chi connectivity index (χ2v) is 9.72. The summed E-state index contributed by atoms with van der Waals surface area (Å²) in [5.74, 6) is 0.0742. The average Bonchev–Trinajstić information content (AvgIpc) is 3.17. The Hall–Kier alpha value is -1.90. The molecular formula is C20H27N3O4S. The molecule has 0 spiro atoms. The van der Waals surface area contributed by atoms with Gasteiger partial charge in [-0.1, -0.05) is 6.07 Å². The first-order valence-electron chi connectivity index (χ1n) is 9.88. The molecule has 1 aromatic heterocycles. The van der Waals surface area contributed by atoms with E-state index in [1.165, 1.54) is 10.6 Å². The molecule has 8 heteroatoms. The van der Waals surface area contributed by atoms with Gasteiger partial charge in [-0.05, 0) is 43.9 Å². The first-order valence-corrected chi connectivity index (χ1v) is 11.7. The van der Waals surface area contributed by atoms with Gasteiger partial charge in [0, 0.05) is 48.8 Å². The molecule has 0 bridgehead atoms. The number of hydrogen-bond acceptors (Lipinski definition) is 4. The minimum atomic E-state index is -3.11. The summed E-state index contributed by atoms with van der Waals surface area (Å²) in [6.07, 6.45) is 6.48. The minimum Gasteiger partial charge on any atom is -0.375 e. The molecule has 7 nitrogen and oxygen atoms in total. The molecule has 2 fully saturated rings. The van der Waals surface area contributed by atoms with Crippen LogP contribution in [0.5, 0.6) is 0 Å². The van der Waals surface area contributed by atoms with Gasteiger partial charge in [0.25, 0.3) is 5.91 Å². The Balaban J connectivity index is 1.29. The number of ether oxygens (including phenoxy) is 1. The summed E-state index contributed by atoms with van der Waals surface area (Å²) in [5, 5.41) is 0.962. The fraction of sp³-hybridized carbons (Fsp3) is 0.550. The van der Waals surface area contributed by atoms with E-state index in [2.05, 4.69) is 4.98 Å². The summed E-state index contributed by atoms with van der Waals surface area (Å²) in [6, 6.07) is 7.71. The van der Waals surface area contributed by atoms with Gasteiger partial charge >= 0.3 is 0 Å². The first kappa shape index (κ1) is 19.4. The number of nitrogens with zero attached hydrogens (tertiary/aromatic N) is 2. The molecule has 4 rings (SSSR count). The molecule has 28 heavy (non-hydrogen) atoms. The largest absolute Gasteiger partial charge is 0.375 e. The van der Waals surface area contributed by atoms with Gasteiger partial charge in [0.05, 0.1) is 18.5 Å². The summed E-state index contributed by atoms with van der Waals surface area (Å²) >= 11 is 0. The Labute approximate surface area is 165 Å². The number of aromatic nitrogens is 1. The maximum atomic E-state index is 12.9. The second kappa shape index (κ2) is 7.85. The Kier molecular flexibility index (Phi) is 5.44. The van der Waals surface area contributed by atoms with Crippen LogP contribution in [-0.2, 0) is 14.8 Å². The summed E-state index contributed by atoms with van der Waals surface area (Å²) in [5.41, 5.74) is 1.72. The summed E-state index contributed by atoms with van der Waals surface area (Å²) in [7, 11) is -3.11. The number of likely N-dealkylation sites (tertiary alicyclic amines) is 1. The summed E-state index contributed by atoms with van der Waals surface area (Å²) in [4.78, 5) is 18.0. The Morgan fingerprint density at radius 3 is 2.32 bits per heavy atom. The molecule has 0 atom stereocenters. The zero-order valence-corrected chi connectivity index (χ0v) is 17.0. The number of amides is 1. The second-order valence-electron chi connectivity index (χ2n) is 7.73. The number of benzene rings is 1. The van der Waals surface area contributed by atoms with Gasteiger partial charge in [0.2, 0.25) is 10.0 Å². The number of carbonyl (C=O) groups is 1. The molecule has 3 heterocycles. The predicted molar refractivity (Wildman–Crippen MR) is 108 cm³/mol. The van der Waals surface area contributed by atoms with Gasteiger partial charge in [0.1, 0.15) is 0 Å². The molecule has 1 amide bonds. The number of rotatable bonds is 4. The van der Waals surface area contributed by atoms with E-state index in [1.54, 1.807) is 0 Å². The molecule has 0 radical (unpaired) electrons. The van der Waals surface area contributed by atoms with Crippen molar-refractivity contribution in [3.05, 3.63) is 36.0 Å². The molecule has 0 aliphatic carbocycles. The standard InChI is InChI=1S/C20H27N3O4S/c1-28(25,26)23-13-8-16(9-14-23)27-15-6-11-22(12-7-15)20(24)18-3-2-4-19-17(18)5-10-21-19/h2-5,10,15-16,21H,6-9,11-14H2,1H3. The van der Waals surface area contributed by atoms with Gasteiger partial charge in [-0.25, -0.2) is 12.7 Å². The third-order valence-corrected chi connectivity index (χ3v) is 7.11. The van der Waals surface area contributed by atoms with Crippen LogP contribution in [0, 0.1) is 0 Å². The van der Waals surface area contributed by atoms with Crippen molar-refractivity contribution in [1.29, 1.82) is 0 Å². The number of sulfonamides is 1. The molecule has 2 aliphatic rings. The molecule has 0 unspecified atom stereocenters. The number of hydrogen-bond donors (Lipinski definition) is 1. The highest BCUT2D eigenvalue weighted by molar-refractivity contribution is 7.88. The topological polar surface area (TPSA) is 82.7 Å². The quantitative estimate of drug-likeness (QED) is 0.846. The van der Waals surface area contributed by atoms with E-state index in [0.29, 0.717) is 26.2 Å². The van der Waals surface area contributed by atoms with Crippen LogP contribution in [0.25, 0.3) is 10.9 Å². The van der Waals surface area contributed by atoms with Crippen molar-refractivity contribution in [3.8, 4) is 0 Å². The smallest absolute Gasteiger partial charge is 0.254 e. The van der Waals surface area contributed by atoms with Gasteiger partial charge in [-0.15, -0.1) is 0 Å². The third kappa shape index (κ3) is 4.09. The minimum absolute atomic E-state index is 0.0742. The monoisotopic (exact) mass is 405 g/mol. The number of fused-ring (bicyclic) bond motifs is 1. The van der Waals surface area contributed by atoms with Crippen LogP contribution in [0.3, 0.4) is 0 Å². The van der Waals surface area contributed by atoms with Crippen molar-refractivity contribution in [2.75, 3.05) is 32.4 Å². The number of nitrogens with one attached hydrogen (secondary N) is 1. The number of aromatic amines is 1. The lowest BCUT2D eigenvalue weighted by Crippen LogP contribution is -2.44. The summed E-state index contributed by atoms with van der Waals surface area (Å²) < 4.78 is 31.0. The van der Waals surface area contributed by atoms with Crippen LogP contribution in [0.15, 0.2) is 30.5 Å². The van der Waals surface area contributed by atoms with Crippen molar-refractivity contribution in [2.45, 2.75) is 37.9 Å². The van der Waals surface area contributed by atoms with E-state index in [4.69, 9.17) is 4.74 Å². The fourth-order valence-electron chi connectivity index (χ4n) is 4.21. The van der Waals surface area contributed by atoms with E-state index in [0.717, 1.165) is 42.1 Å². The summed E-state index contributed by atoms with van der Waals surface area (Å²) in [6.45, 7) is 2.43. The van der Waals surface area contributed by atoms with Crippen LogP contribution >= 0.6 is 0 Å². The molecule has 1 N–H and O–H groups in total. The molecule has 1 aromatic carbocycles. The third-order valence-electron chi connectivity index (χ3n) is 5.81. The van der Waals surface area contributed by atoms with E-state index < -0.39 is 10.0 Å². The fourth-order valence-corrected chi connectivity index (χ4v) is 5.08. The van der Waals surface area contributed by atoms with Crippen molar-refractivity contribution in [2.24, 2.45) is 0 Å². The van der Waals surface area contributed by atoms with Crippen LogP contribution < -0.4 is 0 Å².